The lowest BCUT2D eigenvalue weighted by Crippen LogP contribution is -2.26. The molecular formula is C15H16O2. The molecular weight excluding hydrogens is 212 g/mol. The topological polar surface area (TPSA) is 34.1 Å². The first-order valence-corrected chi connectivity index (χ1v) is 5.89. The van der Waals surface area contributed by atoms with Crippen LogP contribution in [0.4, 0.5) is 0 Å². The van der Waals surface area contributed by atoms with Gasteiger partial charge in [0.1, 0.15) is 0 Å². The normalized spacial score (nSPS) is 18.8. The maximum absolute atomic E-state index is 12.2. The number of carbonyl (C=O) groups is 2. The minimum absolute atomic E-state index is 0.0901. The van der Waals surface area contributed by atoms with Crippen LogP contribution in [0, 0.1) is 5.92 Å². The summed E-state index contributed by atoms with van der Waals surface area (Å²) < 4.78 is 0. The van der Waals surface area contributed by atoms with E-state index in [0.29, 0.717) is 24.0 Å². The first kappa shape index (κ1) is 11.8. The molecule has 0 aliphatic heterocycles. The van der Waals surface area contributed by atoms with Crippen LogP contribution in [0.25, 0.3) is 0 Å². The molecule has 1 aromatic rings. The van der Waals surface area contributed by atoms with Crippen molar-refractivity contribution in [1.82, 2.24) is 0 Å². The van der Waals surface area contributed by atoms with Crippen LogP contribution in [0.3, 0.4) is 0 Å². The van der Waals surface area contributed by atoms with Crippen molar-refractivity contribution in [1.29, 1.82) is 0 Å². The van der Waals surface area contributed by atoms with E-state index in [1.54, 1.807) is 18.2 Å². The van der Waals surface area contributed by atoms with E-state index in [4.69, 9.17) is 0 Å². The van der Waals surface area contributed by atoms with Gasteiger partial charge in [0.25, 0.3) is 0 Å². The lowest BCUT2D eigenvalue weighted by Gasteiger charge is -2.21. The molecule has 0 N–H and O–H groups in total. The number of fused-ring (bicyclic) bond motifs is 1. The number of hydrogen-bond donors (Lipinski definition) is 0. The Labute approximate surface area is 101 Å². The van der Waals surface area contributed by atoms with Gasteiger partial charge in [-0.1, -0.05) is 35.9 Å². The molecule has 1 aliphatic rings. The van der Waals surface area contributed by atoms with E-state index in [1.165, 1.54) is 5.57 Å². The average Bonchev–Trinajstić information content (AvgIpc) is 2.32. The maximum Gasteiger partial charge on any atom is 0.167 e. The molecule has 0 saturated carbocycles. The van der Waals surface area contributed by atoms with E-state index in [9.17, 15) is 9.59 Å². The minimum Gasteiger partial charge on any atom is -0.294 e. The molecule has 2 nitrogen and oxygen atoms in total. The van der Waals surface area contributed by atoms with Gasteiger partial charge < -0.3 is 0 Å². The summed E-state index contributed by atoms with van der Waals surface area (Å²) >= 11 is 0. The van der Waals surface area contributed by atoms with Gasteiger partial charge in [0.2, 0.25) is 0 Å². The van der Waals surface area contributed by atoms with Crippen molar-refractivity contribution in [3.8, 4) is 0 Å². The van der Waals surface area contributed by atoms with Gasteiger partial charge in [0.05, 0.1) is 0 Å². The van der Waals surface area contributed by atoms with Gasteiger partial charge in [-0.15, -0.1) is 0 Å². The second kappa shape index (κ2) is 4.66. The Kier molecular flexibility index (Phi) is 3.23. The van der Waals surface area contributed by atoms with Crippen molar-refractivity contribution in [2.24, 2.45) is 5.92 Å². The molecule has 1 aliphatic carbocycles. The number of ketones is 2. The van der Waals surface area contributed by atoms with Gasteiger partial charge in [0.15, 0.2) is 11.6 Å². The molecule has 1 aromatic carbocycles. The van der Waals surface area contributed by atoms with Crippen LogP contribution in [0.15, 0.2) is 35.9 Å². The van der Waals surface area contributed by atoms with Gasteiger partial charge in [-0.05, 0) is 20.3 Å². The monoisotopic (exact) mass is 228 g/mol. The van der Waals surface area contributed by atoms with E-state index >= 15 is 0 Å². The number of rotatable bonds is 2. The summed E-state index contributed by atoms with van der Waals surface area (Å²) in [5.74, 6) is 0.0253. The first-order chi connectivity index (χ1) is 8.09. The van der Waals surface area contributed by atoms with Crippen molar-refractivity contribution in [2.45, 2.75) is 26.7 Å². The Morgan fingerprint density at radius 3 is 2.53 bits per heavy atom. The summed E-state index contributed by atoms with van der Waals surface area (Å²) in [6.07, 6.45) is 3.05. The molecule has 88 valence electrons. The second-order valence-electron chi connectivity index (χ2n) is 4.75. The van der Waals surface area contributed by atoms with Gasteiger partial charge in [-0.25, -0.2) is 0 Å². The van der Waals surface area contributed by atoms with Crippen molar-refractivity contribution < 1.29 is 9.59 Å². The summed E-state index contributed by atoms with van der Waals surface area (Å²) in [7, 11) is 0. The predicted molar refractivity (Wildman–Crippen MR) is 67.3 cm³/mol. The molecule has 0 aromatic heterocycles. The smallest absolute Gasteiger partial charge is 0.167 e. The number of carbonyl (C=O) groups excluding carboxylic acids is 2. The summed E-state index contributed by atoms with van der Waals surface area (Å²) in [5, 5.41) is 0. The average molecular weight is 228 g/mol. The van der Waals surface area contributed by atoms with Crippen LogP contribution in [0.2, 0.25) is 0 Å². The third-order valence-corrected chi connectivity index (χ3v) is 3.11. The molecule has 0 spiro atoms. The van der Waals surface area contributed by atoms with Gasteiger partial charge in [-0.3, -0.25) is 9.59 Å². The summed E-state index contributed by atoms with van der Waals surface area (Å²) in [6.45, 7) is 4.01. The molecule has 0 heterocycles. The lowest BCUT2D eigenvalue weighted by atomic mass is 9.80. The molecule has 0 saturated heterocycles. The summed E-state index contributed by atoms with van der Waals surface area (Å²) in [4.78, 5) is 24.1. The van der Waals surface area contributed by atoms with Crippen LogP contribution in [0.5, 0.6) is 0 Å². The van der Waals surface area contributed by atoms with Crippen LogP contribution < -0.4 is 0 Å². The Bertz CT molecular complexity index is 493. The van der Waals surface area contributed by atoms with E-state index in [2.05, 4.69) is 0 Å². The largest absolute Gasteiger partial charge is 0.294 e. The number of hydrogen-bond acceptors (Lipinski definition) is 2. The molecule has 0 amide bonds. The van der Waals surface area contributed by atoms with Gasteiger partial charge in [0, 0.05) is 23.5 Å². The fraction of sp³-hybridized carbons (Fsp3) is 0.333. The van der Waals surface area contributed by atoms with E-state index in [-0.39, 0.29) is 17.5 Å². The van der Waals surface area contributed by atoms with Crippen molar-refractivity contribution >= 4 is 11.6 Å². The third-order valence-electron chi connectivity index (χ3n) is 3.11. The van der Waals surface area contributed by atoms with Crippen LogP contribution in [0.1, 0.15) is 47.4 Å². The van der Waals surface area contributed by atoms with Gasteiger partial charge >= 0.3 is 0 Å². The van der Waals surface area contributed by atoms with Crippen molar-refractivity contribution in [3.05, 3.63) is 47.0 Å². The zero-order chi connectivity index (χ0) is 12.4. The standard InChI is InChI=1S/C15H16O2/c1-10(2)7-8-11-9-14(16)12-5-3-4-6-13(12)15(11)17/h3-7,11H,8-9H2,1-2H3. The number of benzene rings is 1. The van der Waals surface area contributed by atoms with Crippen LogP contribution >= 0.6 is 0 Å². The molecule has 0 bridgehead atoms. The maximum atomic E-state index is 12.2. The highest BCUT2D eigenvalue weighted by Gasteiger charge is 2.31. The van der Waals surface area contributed by atoms with Crippen LogP contribution in [-0.2, 0) is 0 Å². The highest BCUT2D eigenvalue weighted by Crippen LogP contribution is 2.27. The fourth-order valence-corrected chi connectivity index (χ4v) is 2.16. The SMILES string of the molecule is CC(C)=CCC1CC(=O)c2ccccc2C1=O. The molecule has 1 unspecified atom stereocenters. The fourth-order valence-electron chi connectivity index (χ4n) is 2.16. The number of allylic oxidation sites excluding steroid dienone is 2. The quantitative estimate of drug-likeness (QED) is 0.727. The van der Waals surface area contributed by atoms with E-state index in [0.717, 1.165) is 0 Å². The van der Waals surface area contributed by atoms with Crippen molar-refractivity contribution in [3.63, 3.8) is 0 Å². The Morgan fingerprint density at radius 1 is 1.24 bits per heavy atom. The van der Waals surface area contributed by atoms with E-state index in [1.807, 2.05) is 26.0 Å². The zero-order valence-corrected chi connectivity index (χ0v) is 10.2. The van der Waals surface area contributed by atoms with Gasteiger partial charge in [-0.2, -0.15) is 0 Å². The summed E-state index contributed by atoms with van der Waals surface area (Å²) in [5.41, 5.74) is 2.37. The lowest BCUT2D eigenvalue weighted by molar-refractivity contribution is 0.0824. The Morgan fingerprint density at radius 2 is 1.88 bits per heavy atom. The first-order valence-electron chi connectivity index (χ1n) is 5.89. The molecule has 0 fully saturated rings. The van der Waals surface area contributed by atoms with E-state index < -0.39 is 0 Å². The highest BCUT2D eigenvalue weighted by molar-refractivity contribution is 6.14. The third kappa shape index (κ3) is 2.36. The number of Topliss-reactive ketones (excluding diaryl/α,β-unsaturated/α-hetero) is 2. The molecule has 1 atom stereocenters. The van der Waals surface area contributed by atoms with Crippen molar-refractivity contribution in [2.75, 3.05) is 0 Å². The molecule has 17 heavy (non-hydrogen) atoms. The Balaban J connectivity index is 2.30. The molecule has 2 heteroatoms. The zero-order valence-electron chi connectivity index (χ0n) is 10.2. The highest BCUT2D eigenvalue weighted by atomic mass is 16.1. The second-order valence-corrected chi connectivity index (χ2v) is 4.75. The Hall–Kier alpha value is -1.70. The summed E-state index contributed by atoms with van der Waals surface area (Å²) in [6, 6.07) is 7.12. The van der Waals surface area contributed by atoms with Crippen LogP contribution in [-0.4, -0.2) is 11.6 Å². The predicted octanol–water partition coefficient (Wildman–Crippen LogP) is 3.43. The molecule has 0 radical (unpaired) electrons. The minimum atomic E-state index is -0.174. The molecule has 2 rings (SSSR count).